The summed E-state index contributed by atoms with van der Waals surface area (Å²) in [5, 5.41) is 4.76. The molecule has 0 amide bonds. The molecule has 0 spiro atoms. The fraction of sp³-hybridized carbons (Fsp3) is 0.222. The van der Waals surface area contributed by atoms with E-state index in [-0.39, 0.29) is 17.9 Å². The molecule has 3 heteroatoms. The van der Waals surface area contributed by atoms with Crippen LogP contribution in [0.1, 0.15) is 22.4 Å². The number of benzene rings is 2. The maximum absolute atomic E-state index is 6.75. The molecule has 1 nitrogen and oxygen atoms in total. The molecule has 1 aliphatic rings. The highest BCUT2D eigenvalue weighted by molar-refractivity contribution is 7.10. The number of hydrogen-bond donors (Lipinski definition) is 1. The third-order valence-corrected chi connectivity index (χ3v) is 5.44. The Morgan fingerprint density at radius 2 is 1.81 bits per heavy atom. The molecule has 4 rings (SSSR count). The van der Waals surface area contributed by atoms with Crippen molar-refractivity contribution in [2.24, 2.45) is 5.73 Å². The minimum absolute atomic E-state index is 0. The molecule has 1 unspecified atom stereocenters. The predicted molar refractivity (Wildman–Crippen MR) is 93.4 cm³/mol. The van der Waals surface area contributed by atoms with E-state index in [0.29, 0.717) is 0 Å². The average molecular weight is 316 g/mol. The number of rotatable bonds is 1. The van der Waals surface area contributed by atoms with Gasteiger partial charge in [0, 0.05) is 16.8 Å². The minimum Gasteiger partial charge on any atom is -0.321 e. The molecular weight excluding hydrogens is 298 g/mol. The molecular formula is C18H18ClNS. The van der Waals surface area contributed by atoms with Crippen molar-refractivity contribution in [2.75, 3.05) is 0 Å². The van der Waals surface area contributed by atoms with Crippen LogP contribution in [0.3, 0.4) is 0 Å². The monoisotopic (exact) mass is 315 g/mol. The van der Waals surface area contributed by atoms with E-state index in [1.54, 1.807) is 0 Å². The second kappa shape index (κ2) is 5.45. The van der Waals surface area contributed by atoms with Crippen molar-refractivity contribution in [1.29, 1.82) is 0 Å². The molecule has 1 atom stereocenters. The van der Waals surface area contributed by atoms with Gasteiger partial charge in [-0.05, 0) is 52.3 Å². The van der Waals surface area contributed by atoms with Crippen molar-refractivity contribution in [3.05, 3.63) is 69.9 Å². The number of fused-ring (bicyclic) bond motifs is 2. The lowest BCUT2D eigenvalue weighted by molar-refractivity contribution is 0.390. The fourth-order valence-corrected chi connectivity index (χ4v) is 4.28. The second-order valence-electron chi connectivity index (χ2n) is 5.76. The molecule has 1 aromatic heterocycles. The van der Waals surface area contributed by atoms with Crippen LogP contribution in [0.5, 0.6) is 0 Å². The zero-order valence-electron chi connectivity index (χ0n) is 11.7. The molecule has 108 valence electrons. The standard InChI is InChI=1S/C18H17NS.ClH/c19-18(9-7-14-8-10-20-17(14)12-18)16-6-5-13-3-1-2-4-15(13)11-16;/h1-6,8,10-11H,7,9,12,19H2;1H. The van der Waals surface area contributed by atoms with E-state index in [9.17, 15) is 0 Å². The number of nitrogens with two attached hydrogens (primary N) is 1. The van der Waals surface area contributed by atoms with Crippen molar-refractivity contribution in [3.63, 3.8) is 0 Å². The van der Waals surface area contributed by atoms with Gasteiger partial charge in [0.05, 0.1) is 0 Å². The molecule has 0 fully saturated rings. The first-order chi connectivity index (χ1) is 9.74. The summed E-state index contributed by atoms with van der Waals surface area (Å²) in [5.74, 6) is 0. The van der Waals surface area contributed by atoms with Crippen LogP contribution in [0, 0.1) is 0 Å². The molecule has 0 saturated carbocycles. The smallest absolute Gasteiger partial charge is 0.0461 e. The van der Waals surface area contributed by atoms with Crippen molar-refractivity contribution < 1.29 is 0 Å². The number of hydrogen-bond acceptors (Lipinski definition) is 2. The first kappa shape index (κ1) is 14.6. The van der Waals surface area contributed by atoms with Crippen LogP contribution in [-0.4, -0.2) is 0 Å². The molecule has 2 aromatic carbocycles. The molecule has 0 bridgehead atoms. The van der Waals surface area contributed by atoms with Gasteiger partial charge in [0.1, 0.15) is 0 Å². The lowest BCUT2D eigenvalue weighted by Crippen LogP contribution is -2.41. The van der Waals surface area contributed by atoms with Crippen LogP contribution < -0.4 is 5.73 Å². The topological polar surface area (TPSA) is 26.0 Å². The summed E-state index contributed by atoms with van der Waals surface area (Å²) in [7, 11) is 0. The van der Waals surface area contributed by atoms with Gasteiger partial charge in [0.2, 0.25) is 0 Å². The molecule has 3 aromatic rings. The highest BCUT2D eigenvalue weighted by Crippen LogP contribution is 2.37. The zero-order chi connectivity index (χ0) is 13.6. The largest absolute Gasteiger partial charge is 0.321 e. The Balaban J connectivity index is 0.00000132. The highest BCUT2D eigenvalue weighted by Gasteiger charge is 2.32. The van der Waals surface area contributed by atoms with Gasteiger partial charge in [0.25, 0.3) is 0 Å². The van der Waals surface area contributed by atoms with Gasteiger partial charge in [-0.25, -0.2) is 0 Å². The van der Waals surface area contributed by atoms with Crippen LogP contribution in [0.2, 0.25) is 0 Å². The Hall–Kier alpha value is -1.35. The van der Waals surface area contributed by atoms with E-state index in [1.807, 2.05) is 11.3 Å². The summed E-state index contributed by atoms with van der Waals surface area (Å²) in [6.07, 6.45) is 3.11. The van der Waals surface area contributed by atoms with E-state index in [0.717, 1.165) is 19.3 Å². The molecule has 1 aliphatic carbocycles. The molecule has 2 N–H and O–H groups in total. The van der Waals surface area contributed by atoms with E-state index in [2.05, 4.69) is 53.9 Å². The normalized spacial score (nSPS) is 20.8. The first-order valence-corrected chi connectivity index (χ1v) is 7.96. The van der Waals surface area contributed by atoms with Crippen molar-refractivity contribution in [1.82, 2.24) is 0 Å². The van der Waals surface area contributed by atoms with Gasteiger partial charge < -0.3 is 5.73 Å². The van der Waals surface area contributed by atoms with Gasteiger partial charge in [-0.2, -0.15) is 0 Å². The van der Waals surface area contributed by atoms with Crippen LogP contribution >= 0.6 is 23.7 Å². The maximum atomic E-state index is 6.75. The van der Waals surface area contributed by atoms with Crippen molar-refractivity contribution in [3.8, 4) is 0 Å². The maximum Gasteiger partial charge on any atom is 0.0461 e. The Bertz CT molecular complexity index is 779. The summed E-state index contributed by atoms with van der Waals surface area (Å²) < 4.78 is 0. The number of thiophene rings is 1. The van der Waals surface area contributed by atoms with Crippen molar-refractivity contribution in [2.45, 2.75) is 24.8 Å². The van der Waals surface area contributed by atoms with E-state index in [4.69, 9.17) is 5.73 Å². The fourth-order valence-electron chi connectivity index (χ4n) is 3.22. The number of halogens is 1. The third kappa shape index (κ3) is 2.48. The van der Waals surface area contributed by atoms with Gasteiger partial charge in [-0.1, -0.05) is 36.4 Å². The van der Waals surface area contributed by atoms with Crippen LogP contribution in [0.15, 0.2) is 53.9 Å². The highest BCUT2D eigenvalue weighted by atomic mass is 35.5. The van der Waals surface area contributed by atoms with Gasteiger partial charge in [-0.3, -0.25) is 0 Å². The first-order valence-electron chi connectivity index (χ1n) is 7.08. The van der Waals surface area contributed by atoms with Gasteiger partial charge >= 0.3 is 0 Å². The Kier molecular flexibility index (Phi) is 3.78. The summed E-state index contributed by atoms with van der Waals surface area (Å²) in [4.78, 5) is 1.46. The van der Waals surface area contributed by atoms with Crippen LogP contribution in [0.4, 0.5) is 0 Å². The lowest BCUT2D eigenvalue weighted by atomic mass is 9.77. The third-order valence-electron chi connectivity index (χ3n) is 4.48. The zero-order valence-corrected chi connectivity index (χ0v) is 13.3. The summed E-state index contributed by atoms with van der Waals surface area (Å²) in [6, 6.07) is 17.4. The Morgan fingerprint density at radius 1 is 1.00 bits per heavy atom. The summed E-state index contributed by atoms with van der Waals surface area (Å²) in [6.45, 7) is 0. The lowest BCUT2D eigenvalue weighted by Gasteiger charge is -2.34. The summed E-state index contributed by atoms with van der Waals surface area (Å²) in [5.41, 5.74) is 9.32. The summed E-state index contributed by atoms with van der Waals surface area (Å²) >= 11 is 1.85. The molecule has 0 aliphatic heterocycles. The SMILES string of the molecule is Cl.NC1(c2ccc3ccccc3c2)CCc2ccsc2C1. The van der Waals surface area contributed by atoms with Crippen LogP contribution in [0.25, 0.3) is 10.8 Å². The van der Waals surface area contributed by atoms with E-state index in [1.165, 1.54) is 26.8 Å². The molecule has 1 heterocycles. The second-order valence-corrected chi connectivity index (χ2v) is 6.76. The average Bonchev–Trinajstić information content (AvgIpc) is 2.94. The molecule has 0 radical (unpaired) electrons. The van der Waals surface area contributed by atoms with E-state index < -0.39 is 0 Å². The van der Waals surface area contributed by atoms with Crippen molar-refractivity contribution >= 4 is 34.5 Å². The Morgan fingerprint density at radius 3 is 2.67 bits per heavy atom. The van der Waals surface area contributed by atoms with E-state index >= 15 is 0 Å². The van der Waals surface area contributed by atoms with Crippen LogP contribution in [-0.2, 0) is 18.4 Å². The van der Waals surface area contributed by atoms with Gasteiger partial charge in [-0.15, -0.1) is 23.7 Å². The quantitative estimate of drug-likeness (QED) is 0.694. The molecule has 21 heavy (non-hydrogen) atoms. The molecule has 0 saturated heterocycles. The predicted octanol–water partition coefficient (Wildman–Crippen LogP) is 4.67. The van der Waals surface area contributed by atoms with Gasteiger partial charge in [0.15, 0.2) is 0 Å². The minimum atomic E-state index is -0.206. The Labute approximate surface area is 135 Å². The number of aryl methyl sites for hydroxylation is 1.